The van der Waals surface area contributed by atoms with Crippen LogP contribution in [0.4, 0.5) is 14.5 Å². The standard InChI is InChI=1S/C22H18F2N4O4S/c1-2-28-20-14(11-25-28)13(10-16(27-20)18-8-5-9-33-18)21(30)31-12-19(29)26-15-6-3-4-7-17(15)32-22(23)24/h3-11,22H,2,12H2,1H3,(H,26,29). The summed E-state index contributed by atoms with van der Waals surface area (Å²) in [5.41, 5.74) is 1.37. The molecule has 170 valence electrons. The highest BCUT2D eigenvalue weighted by Crippen LogP contribution is 2.29. The van der Waals surface area contributed by atoms with Gasteiger partial charge in [-0.15, -0.1) is 11.3 Å². The molecule has 8 nitrogen and oxygen atoms in total. The van der Waals surface area contributed by atoms with Crippen molar-refractivity contribution in [3.63, 3.8) is 0 Å². The summed E-state index contributed by atoms with van der Waals surface area (Å²) >= 11 is 1.47. The third-order valence-electron chi connectivity index (χ3n) is 4.61. The minimum Gasteiger partial charge on any atom is -0.452 e. The Bertz CT molecular complexity index is 1290. The maximum atomic E-state index is 12.9. The fourth-order valence-electron chi connectivity index (χ4n) is 3.16. The van der Waals surface area contributed by atoms with Gasteiger partial charge in [-0.25, -0.2) is 14.5 Å². The number of nitrogens with one attached hydrogen (secondary N) is 1. The lowest BCUT2D eigenvalue weighted by Crippen LogP contribution is -2.21. The van der Waals surface area contributed by atoms with Crippen molar-refractivity contribution in [2.45, 2.75) is 20.1 Å². The van der Waals surface area contributed by atoms with Crippen LogP contribution in [-0.2, 0) is 16.1 Å². The van der Waals surface area contributed by atoms with Crippen molar-refractivity contribution >= 4 is 39.9 Å². The number of pyridine rings is 1. The first-order valence-electron chi connectivity index (χ1n) is 9.87. The minimum atomic E-state index is -3.04. The normalized spacial score (nSPS) is 11.0. The van der Waals surface area contributed by atoms with E-state index in [-0.39, 0.29) is 17.0 Å². The molecule has 0 saturated heterocycles. The highest BCUT2D eigenvalue weighted by molar-refractivity contribution is 7.13. The number of esters is 1. The van der Waals surface area contributed by atoms with E-state index in [1.807, 2.05) is 24.4 Å². The Balaban J connectivity index is 1.53. The van der Waals surface area contributed by atoms with Crippen LogP contribution in [0.25, 0.3) is 21.6 Å². The summed E-state index contributed by atoms with van der Waals surface area (Å²) < 4.78 is 36.4. The van der Waals surface area contributed by atoms with Crippen molar-refractivity contribution in [3.05, 3.63) is 59.6 Å². The lowest BCUT2D eigenvalue weighted by molar-refractivity contribution is -0.119. The molecular formula is C22H18F2N4O4S. The van der Waals surface area contributed by atoms with E-state index in [1.165, 1.54) is 35.7 Å². The van der Waals surface area contributed by atoms with Gasteiger partial charge in [0, 0.05) is 6.54 Å². The number of fused-ring (bicyclic) bond motifs is 1. The van der Waals surface area contributed by atoms with Gasteiger partial charge >= 0.3 is 12.6 Å². The van der Waals surface area contributed by atoms with E-state index in [4.69, 9.17) is 4.74 Å². The number of carbonyl (C=O) groups is 2. The van der Waals surface area contributed by atoms with Gasteiger partial charge in [0.15, 0.2) is 12.3 Å². The van der Waals surface area contributed by atoms with Crippen LogP contribution in [0.3, 0.4) is 0 Å². The van der Waals surface area contributed by atoms with Crippen molar-refractivity contribution in [1.29, 1.82) is 0 Å². The number of ether oxygens (including phenoxy) is 2. The van der Waals surface area contributed by atoms with E-state index in [2.05, 4.69) is 20.1 Å². The number of thiophene rings is 1. The fraction of sp³-hybridized carbons (Fsp3) is 0.182. The van der Waals surface area contributed by atoms with Gasteiger partial charge < -0.3 is 14.8 Å². The largest absolute Gasteiger partial charge is 0.452 e. The molecule has 0 atom stereocenters. The van der Waals surface area contributed by atoms with Gasteiger partial charge in [0.1, 0.15) is 5.75 Å². The molecule has 4 aromatic rings. The summed E-state index contributed by atoms with van der Waals surface area (Å²) in [5.74, 6) is -1.64. The molecule has 0 saturated carbocycles. The molecular weight excluding hydrogens is 454 g/mol. The summed E-state index contributed by atoms with van der Waals surface area (Å²) in [6.45, 7) is -1.20. The molecule has 1 amide bonds. The Hall–Kier alpha value is -3.86. The molecule has 0 aliphatic heterocycles. The van der Waals surface area contributed by atoms with Gasteiger partial charge in [-0.3, -0.25) is 4.79 Å². The number of aryl methyl sites for hydroxylation is 1. The van der Waals surface area contributed by atoms with Crippen molar-refractivity contribution in [1.82, 2.24) is 14.8 Å². The van der Waals surface area contributed by atoms with Crippen LogP contribution >= 0.6 is 11.3 Å². The number of benzene rings is 1. The Morgan fingerprint density at radius 2 is 2.03 bits per heavy atom. The van der Waals surface area contributed by atoms with Gasteiger partial charge in [0.05, 0.1) is 33.4 Å². The molecule has 1 aromatic carbocycles. The topological polar surface area (TPSA) is 95.3 Å². The number of aromatic nitrogens is 3. The third kappa shape index (κ3) is 4.98. The Kier molecular flexibility index (Phi) is 6.59. The first-order chi connectivity index (χ1) is 16.0. The molecule has 0 unspecified atom stereocenters. The molecule has 11 heteroatoms. The van der Waals surface area contributed by atoms with E-state index in [0.717, 1.165) is 4.88 Å². The number of halogens is 2. The number of para-hydroxylation sites is 2. The number of amides is 1. The SMILES string of the molecule is CCn1ncc2c(C(=O)OCC(=O)Nc3ccccc3OC(F)F)cc(-c3cccs3)nc21. The van der Waals surface area contributed by atoms with Gasteiger partial charge in [0.25, 0.3) is 5.91 Å². The number of alkyl halides is 2. The monoisotopic (exact) mass is 472 g/mol. The molecule has 1 N–H and O–H groups in total. The van der Waals surface area contributed by atoms with E-state index >= 15 is 0 Å². The Morgan fingerprint density at radius 1 is 1.21 bits per heavy atom. The zero-order valence-corrected chi connectivity index (χ0v) is 18.1. The summed E-state index contributed by atoms with van der Waals surface area (Å²) in [6, 6.07) is 11.1. The van der Waals surface area contributed by atoms with Crippen molar-refractivity contribution < 1.29 is 27.8 Å². The number of hydrogen-bond donors (Lipinski definition) is 1. The molecule has 33 heavy (non-hydrogen) atoms. The molecule has 0 radical (unpaired) electrons. The summed E-state index contributed by atoms with van der Waals surface area (Å²) in [7, 11) is 0. The first kappa shape index (κ1) is 22.3. The minimum absolute atomic E-state index is 0.0364. The number of rotatable bonds is 8. The second kappa shape index (κ2) is 9.74. The van der Waals surface area contributed by atoms with Gasteiger partial charge in [-0.2, -0.15) is 13.9 Å². The number of hydrogen-bond acceptors (Lipinski definition) is 7. The lowest BCUT2D eigenvalue weighted by atomic mass is 10.1. The molecule has 4 rings (SSSR count). The van der Waals surface area contributed by atoms with E-state index in [9.17, 15) is 18.4 Å². The first-order valence-corrected chi connectivity index (χ1v) is 10.8. The second-order valence-electron chi connectivity index (χ2n) is 6.73. The predicted molar refractivity (Wildman–Crippen MR) is 119 cm³/mol. The maximum absolute atomic E-state index is 12.9. The average molecular weight is 472 g/mol. The molecule has 3 heterocycles. The fourth-order valence-corrected chi connectivity index (χ4v) is 3.85. The van der Waals surface area contributed by atoms with Crippen LogP contribution in [0, 0.1) is 0 Å². The van der Waals surface area contributed by atoms with Crippen LogP contribution in [0.15, 0.2) is 54.0 Å². The highest BCUT2D eigenvalue weighted by Gasteiger charge is 2.20. The summed E-state index contributed by atoms with van der Waals surface area (Å²) in [5, 5.41) is 9.06. The smallest absolute Gasteiger partial charge is 0.387 e. The molecule has 0 fully saturated rings. The van der Waals surface area contributed by atoms with Crippen LogP contribution in [-0.4, -0.2) is 39.9 Å². The highest BCUT2D eigenvalue weighted by atomic mass is 32.1. The van der Waals surface area contributed by atoms with Crippen molar-refractivity contribution in [3.8, 4) is 16.3 Å². The third-order valence-corrected chi connectivity index (χ3v) is 5.51. The second-order valence-corrected chi connectivity index (χ2v) is 7.68. The van der Waals surface area contributed by atoms with Crippen LogP contribution in [0.5, 0.6) is 5.75 Å². The summed E-state index contributed by atoms with van der Waals surface area (Å²) in [6.07, 6.45) is 1.53. The Labute approximate surface area is 190 Å². The number of anilines is 1. The van der Waals surface area contributed by atoms with Gasteiger partial charge in [0.2, 0.25) is 0 Å². The molecule has 0 spiro atoms. The quantitative estimate of drug-likeness (QED) is 0.377. The maximum Gasteiger partial charge on any atom is 0.387 e. The Morgan fingerprint density at radius 3 is 2.76 bits per heavy atom. The van der Waals surface area contributed by atoms with Gasteiger partial charge in [-0.1, -0.05) is 18.2 Å². The van der Waals surface area contributed by atoms with E-state index in [0.29, 0.717) is 23.3 Å². The summed E-state index contributed by atoms with van der Waals surface area (Å²) in [4.78, 5) is 30.6. The van der Waals surface area contributed by atoms with Crippen molar-refractivity contribution in [2.75, 3.05) is 11.9 Å². The van der Waals surface area contributed by atoms with E-state index < -0.39 is 25.1 Å². The molecule has 0 aliphatic rings. The number of carbonyl (C=O) groups excluding carboxylic acids is 2. The molecule has 3 aromatic heterocycles. The zero-order chi connectivity index (χ0) is 23.4. The van der Waals surface area contributed by atoms with Gasteiger partial charge in [-0.05, 0) is 36.6 Å². The van der Waals surface area contributed by atoms with Crippen LogP contribution in [0.2, 0.25) is 0 Å². The average Bonchev–Trinajstić information content (AvgIpc) is 3.47. The zero-order valence-electron chi connectivity index (χ0n) is 17.3. The predicted octanol–water partition coefficient (Wildman–Crippen LogP) is 4.58. The van der Waals surface area contributed by atoms with Crippen molar-refractivity contribution in [2.24, 2.45) is 0 Å². The lowest BCUT2D eigenvalue weighted by Gasteiger charge is -2.12. The number of nitrogens with zero attached hydrogens (tertiary/aromatic N) is 3. The van der Waals surface area contributed by atoms with Crippen LogP contribution < -0.4 is 10.1 Å². The van der Waals surface area contributed by atoms with E-state index in [1.54, 1.807) is 16.8 Å². The molecule has 0 bridgehead atoms. The molecule has 0 aliphatic carbocycles. The van der Waals surface area contributed by atoms with Crippen LogP contribution in [0.1, 0.15) is 17.3 Å².